The van der Waals surface area contributed by atoms with Gasteiger partial charge in [0, 0.05) is 18.7 Å². The molecule has 0 spiro atoms. The molecule has 2 N–H and O–H groups in total. The van der Waals surface area contributed by atoms with E-state index >= 15 is 0 Å². The number of piperidine rings is 1. The maximum Gasteiger partial charge on any atom is 0.254 e. The first-order valence-electron chi connectivity index (χ1n) is 12.2. The van der Waals surface area contributed by atoms with E-state index in [1.165, 1.54) is 7.11 Å². The Balaban J connectivity index is 1.40. The van der Waals surface area contributed by atoms with Crippen LogP contribution in [-0.4, -0.2) is 75.8 Å². The van der Waals surface area contributed by atoms with Gasteiger partial charge in [-0.15, -0.1) is 5.10 Å². The van der Waals surface area contributed by atoms with Gasteiger partial charge in [0.25, 0.3) is 5.91 Å². The average molecular weight is 508 g/mol. The lowest BCUT2D eigenvalue weighted by Gasteiger charge is -2.36. The number of hydrogen-bond acceptors (Lipinski definition) is 8. The van der Waals surface area contributed by atoms with Crippen LogP contribution in [0.25, 0.3) is 0 Å². The second-order valence-electron chi connectivity index (χ2n) is 9.08. The van der Waals surface area contributed by atoms with Crippen molar-refractivity contribution in [2.45, 2.75) is 38.1 Å². The van der Waals surface area contributed by atoms with Crippen LogP contribution in [0.1, 0.15) is 28.0 Å². The molecule has 0 unspecified atom stereocenters. The van der Waals surface area contributed by atoms with Crippen LogP contribution in [0, 0.1) is 0 Å². The minimum absolute atomic E-state index is 0.110. The number of benzene rings is 2. The van der Waals surface area contributed by atoms with Gasteiger partial charge in [-0.1, -0.05) is 17.3 Å². The Labute approximate surface area is 213 Å². The third kappa shape index (κ3) is 5.83. The Bertz CT molecular complexity index is 1280. The smallest absolute Gasteiger partial charge is 0.254 e. The van der Waals surface area contributed by atoms with Crippen LogP contribution in [0.3, 0.4) is 0 Å². The molecule has 3 aliphatic rings. The number of ether oxygens (including phenoxy) is 3. The summed E-state index contributed by atoms with van der Waals surface area (Å²) >= 11 is 0. The number of amides is 2. The third-order valence-corrected chi connectivity index (χ3v) is 6.44. The number of nitrogens with one attached hydrogen (secondary N) is 1. The molecule has 0 aliphatic carbocycles. The van der Waals surface area contributed by atoms with Crippen LogP contribution in [0.5, 0.6) is 17.2 Å². The second-order valence-corrected chi connectivity index (χ2v) is 9.08. The van der Waals surface area contributed by atoms with Crippen molar-refractivity contribution in [3.63, 3.8) is 0 Å². The minimum Gasteiger partial charge on any atom is -0.493 e. The molecule has 1 aromatic heterocycles. The first-order chi connectivity index (χ1) is 18.0. The first-order valence-corrected chi connectivity index (χ1v) is 12.2. The molecule has 1 fully saturated rings. The van der Waals surface area contributed by atoms with Crippen LogP contribution < -0.4 is 19.5 Å². The number of hydrogen-bond donors (Lipinski definition) is 2. The zero-order valence-electron chi connectivity index (χ0n) is 20.5. The first kappa shape index (κ1) is 24.6. The zero-order chi connectivity index (χ0) is 25.8. The maximum absolute atomic E-state index is 13.2. The van der Waals surface area contributed by atoms with Gasteiger partial charge in [0.05, 0.1) is 38.4 Å². The molecular formula is C26H29N5O6. The summed E-state index contributed by atoms with van der Waals surface area (Å²) in [5.41, 5.74) is 1.82. The fourth-order valence-electron chi connectivity index (χ4n) is 4.50. The van der Waals surface area contributed by atoms with Crippen molar-refractivity contribution < 1.29 is 28.9 Å². The van der Waals surface area contributed by atoms with E-state index in [-0.39, 0.29) is 31.4 Å². The van der Waals surface area contributed by atoms with Crippen LogP contribution in [0.2, 0.25) is 0 Å². The highest BCUT2D eigenvalue weighted by Crippen LogP contribution is 2.30. The summed E-state index contributed by atoms with van der Waals surface area (Å²) in [4.78, 5) is 27.5. The van der Waals surface area contributed by atoms with E-state index in [0.29, 0.717) is 54.6 Å². The number of nitrogens with zero attached hydrogens (tertiary/aromatic N) is 4. The monoisotopic (exact) mass is 507 g/mol. The molecule has 2 amide bonds. The van der Waals surface area contributed by atoms with E-state index in [9.17, 15) is 14.7 Å². The van der Waals surface area contributed by atoms with Crippen molar-refractivity contribution in [3.05, 3.63) is 65.5 Å². The molecule has 0 saturated carbocycles. The van der Waals surface area contributed by atoms with Crippen molar-refractivity contribution >= 4 is 11.8 Å². The van der Waals surface area contributed by atoms with Crippen molar-refractivity contribution in [2.24, 2.45) is 0 Å². The number of fused-ring (bicyclic) bond motifs is 7. The third-order valence-electron chi connectivity index (χ3n) is 6.44. The van der Waals surface area contributed by atoms with Gasteiger partial charge in [-0.25, -0.2) is 4.68 Å². The molecule has 194 valence electrons. The quantitative estimate of drug-likeness (QED) is 0.503. The molecule has 6 rings (SSSR count). The van der Waals surface area contributed by atoms with Crippen molar-refractivity contribution in [2.75, 3.05) is 26.8 Å². The highest BCUT2D eigenvalue weighted by Gasteiger charge is 2.32. The van der Waals surface area contributed by atoms with E-state index in [2.05, 4.69) is 15.6 Å². The van der Waals surface area contributed by atoms with Crippen LogP contribution in [-0.2, 0) is 24.4 Å². The molecule has 3 aliphatic heterocycles. The Morgan fingerprint density at radius 1 is 1.14 bits per heavy atom. The lowest BCUT2D eigenvalue weighted by atomic mass is 10.00. The maximum atomic E-state index is 13.2. The van der Waals surface area contributed by atoms with E-state index in [4.69, 9.17) is 14.2 Å². The molecule has 3 aromatic rings. The molecule has 8 bridgehead atoms. The van der Waals surface area contributed by atoms with Crippen molar-refractivity contribution in [1.82, 2.24) is 25.2 Å². The van der Waals surface area contributed by atoms with Crippen molar-refractivity contribution in [3.8, 4) is 17.2 Å². The van der Waals surface area contributed by atoms with Gasteiger partial charge < -0.3 is 29.5 Å². The van der Waals surface area contributed by atoms with Crippen LogP contribution in [0.15, 0.2) is 48.7 Å². The number of carbonyl (C=O) groups excluding carboxylic acids is 2. The van der Waals surface area contributed by atoms with Gasteiger partial charge in [0.1, 0.15) is 24.7 Å². The number of aromatic nitrogens is 3. The van der Waals surface area contributed by atoms with Crippen LogP contribution in [0.4, 0.5) is 0 Å². The lowest BCUT2D eigenvalue weighted by Crippen LogP contribution is -2.55. The fraction of sp³-hybridized carbons (Fsp3) is 0.385. The summed E-state index contributed by atoms with van der Waals surface area (Å²) in [6.07, 6.45) is 1.48. The van der Waals surface area contributed by atoms with E-state index in [1.54, 1.807) is 34.0 Å². The standard InChI is InChI=1S/C26H29N5O6/c1-35-23-6-5-18-13-24(23)37-16-19-14-31(29-28-19)9-10-36-20-4-2-3-17(11-20)12-25(33)27-21-7-8-30(26(18)34)15-22(21)32/h2-6,11,13-14,21-22,32H,7-10,12,15-16H2,1H3,(H,27,33)/t21-,22-/m1/s1. The SMILES string of the molecule is COc1ccc2cc1OCc1cn(nn1)CCOc1cccc(c1)CC(=O)N[C@@H]1CCN(C[C@H]1O)C2=O. The predicted octanol–water partition coefficient (Wildman–Crippen LogP) is 1.19. The van der Waals surface area contributed by atoms with E-state index in [1.807, 2.05) is 24.3 Å². The summed E-state index contributed by atoms with van der Waals surface area (Å²) in [5.74, 6) is 1.10. The van der Waals surface area contributed by atoms with Gasteiger partial charge in [0.2, 0.25) is 5.91 Å². The molecule has 2 aromatic carbocycles. The van der Waals surface area contributed by atoms with Gasteiger partial charge in [-0.2, -0.15) is 0 Å². The molecular weight excluding hydrogens is 478 g/mol. The largest absolute Gasteiger partial charge is 0.493 e. The number of aliphatic hydroxyl groups excluding tert-OH is 1. The topological polar surface area (TPSA) is 128 Å². The summed E-state index contributed by atoms with van der Waals surface area (Å²) in [5, 5.41) is 21.9. The highest BCUT2D eigenvalue weighted by molar-refractivity contribution is 5.95. The Kier molecular flexibility index (Phi) is 7.22. The summed E-state index contributed by atoms with van der Waals surface area (Å²) < 4.78 is 18.8. The lowest BCUT2D eigenvalue weighted by molar-refractivity contribution is -0.122. The summed E-state index contributed by atoms with van der Waals surface area (Å²) in [6, 6.07) is 11.9. The summed E-state index contributed by atoms with van der Waals surface area (Å²) in [7, 11) is 1.53. The minimum atomic E-state index is -0.884. The molecule has 11 nitrogen and oxygen atoms in total. The molecule has 4 heterocycles. The van der Waals surface area contributed by atoms with Gasteiger partial charge in [-0.05, 0) is 42.3 Å². The molecule has 37 heavy (non-hydrogen) atoms. The second kappa shape index (κ2) is 10.9. The van der Waals surface area contributed by atoms with E-state index in [0.717, 1.165) is 5.56 Å². The normalized spacial score (nSPS) is 20.6. The number of methoxy groups -OCH3 is 1. The van der Waals surface area contributed by atoms with Crippen LogP contribution >= 0.6 is 0 Å². The molecule has 1 saturated heterocycles. The Hall–Kier alpha value is -4.12. The Morgan fingerprint density at radius 2 is 2.03 bits per heavy atom. The molecule has 2 atom stereocenters. The summed E-state index contributed by atoms with van der Waals surface area (Å²) in [6.45, 7) is 1.48. The zero-order valence-corrected chi connectivity index (χ0v) is 20.5. The molecule has 0 radical (unpaired) electrons. The average Bonchev–Trinajstić information content (AvgIpc) is 3.35. The molecule has 11 heteroatoms. The van der Waals surface area contributed by atoms with E-state index < -0.39 is 12.1 Å². The number of aliphatic hydroxyl groups is 1. The fourth-order valence-corrected chi connectivity index (χ4v) is 4.50. The van der Waals surface area contributed by atoms with Gasteiger partial charge >= 0.3 is 0 Å². The highest BCUT2D eigenvalue weighted by atomic mass is 16.5. The predicted molar refractivity (Wildman–Crippen MR) is 131 cm³/mol. The van der Waals surface area contributed by atoms with Gasteiger partial charge in [0.15, 0.2) is 11.5 Å². The van der Waals surface area contributed by atoms with Crippen molar-refractivity contribution in [1.29, 1.82) is 0 Å². The van der Waals surface area contributed by atoms with Gasteiger partial charge in [-0.3, -0.25) is 9.59 Å². The number of carbonyl (C=O) groups is 2. The Morgan fingerprint density at radius 3 is 2.86 bits per heavy atom. The number of rotatable bonds is 1.